The molecule has 0 aliphatic heterocycles. The standard InChI is InChI=1S/C11H6BrClN4O3/c12-9-4-15-10(5-14-9)16-11(18)7-3-6(13)1-2-8(7)17(19)20/h1-5H,(H,15,16,18). The minimum Gasteiger partial charge on any atom is -0.305 e. The molecule has 7 nitrogen and oxygen atoms in total. The summed E-state index contributed by atoms with van der Waals surface area (Å²) < 4.78 is 0.504. The summed E-state index contributed by atoms with van der Waals surface area (Å²) in [5.41, 5.74) is -0.482. The van der Waals surface area contributed by atoms with Crippen LogP contribution in [0.5, 0.6) is 0 Å². The number of aromatic nitrogens is 2. The molecule has 0 spiro atoms. The van der Waals surface area contributed by atoms with Gasteiger partial charge < -0.3 is 5.32 Å². The number of hydrogen-bond acceptors (Lipinski definition) is 5. The molecule has 20 heavy (non-hydrogen) atoms. The molecular formula is C11H6BrClN4O3. The second-order valence-corrected chi connectivity index (χ2v) is 4.85. The molecule has 0 bridgehead atoms. The van der Waals surface area contributed by atoms with Crippen LogP contribution in [0.3, 0.4) is 0 Å². The lowest BCUT2D eigenvalue weighted by molar-refractivity contribution is -0.385. The Morgan fingerprint density at radius 3 is 2.70 bits per heavy atom. The predicted octanol–water partition coefficient (Wildman–Crippen LogP) is 3.05. The fraction of sp³-hybridized carbons (Fsp3) is 0. The summed E-state index contributed by atoms with van der Waals surface area (Å²) in [4.78, 5) is 30.0. The summed E-state index contributed by atoms with van der Waals surface area (Å²) in [6.45, 7) is 0. The van der Waals surface area contributed by atoms with Crippen LogP contribution in [0.15, 0.2) is 35.2 Å². The fourth-order valence-corrected chi connectivity index (χ4v) is 1.79. The maximum atomic E-state index is 12.0. The third kappa shape index (κ3) is 3.28. The number of carbonyl (C=O) groups is 1. The van der Waals surface area contributed by atoms with Gasteiger partial charge in [-0.15, -0.1) is 0 Å². The molecule has 0 unspecified atom stereocenters. The molecule has 0 saturated heterocycles. The highest BCUT2D eigenvalue weighted by Crippen LogP contribution is 2.23. The Morgan fingerprint density at radius 1 is 1.35 bits per heavy atom. The minimum absolute atomic E-state index is 0.146. The molecule has 1 aromatic heterocycles. The van der Waals surface area contributed by atoms with Gasteiger partial charge in [0, 0.05) is 11.1 Å². The van der Waals surface area contributed by atoms with Crippen molar-refractivity contribution in [3.63, 3.8) is 0 Å². The van der Waals surface area contributed by atoms with E-state index in [1.54, 1.807) is 0 Å². The Kier molecular flexibility index (Phi) is 4.26. The number of nitro benzene ring substituents is 1. The number of nitrogens with one attached hydrogen (secondary N) is 1. The molecule has 0 radical (unpaired) electrons. The molecule has 1 aromatic carbocycles. The van der Waals surface area contributed by atoms with Crippen LogP contribution >= 0.6 is 27.5 Å². The first-order chi connectivity index (χ1) is 9.47. The van der Waals surface area contributed by atoms with E-state index in [0.717, 1.165) is 0 Å². The van der Waals surface area contributed by atoms with Gasteiger partial charge >= 0.3 is 0 Å². The van der Waals surface area contributed by atoms with E-state index in [2.05, 4.69) is 31.2 Å². The number of nitrogens with zero attached hydrogens (tertiary/aromatic N) is 3. The van der Waals surface area contributed by atoms with Crippen LogP contribution < -0.4 is 5.32 Å². The Morgan fingerprint density at radius 2 is 2.10 bits per heavy atom. The third-order valence-electron chi connectivity index (χ3n) is 2.26. The van der Waals surface area contributed by atoms with Gasteiger partial charge in [0.15, 0.2) is 5.82 Å². The number of anilines is 1. The Balaban J connectivity index is 2.31. The molecule has 1 amide bonds. The van der Waals surface area contributed by atoms with Gasteiger partial charge in [-0.1, -0.05) is 11.6 Å². The number of nitro groups is 1. The molecule has 1 N–H and O–H groups in total. The van der Waals surface area contributed by atoms with E-state index in [4.69, 9.17) is 11.6 Å². The van der Waals surface area contributed by atoms with Crippen LogP contribution in [-0.4, -0.2) is 20.8 Å². The van der Waals surface area contributed by atoms with E-state index >= 15 is 0 Å². The maximum absolute atomic E-state index is 12.0. The summed E-state index contributed by atoms with van der Waals surface area (Å²) >= 11 is 8.86. The zero-order valence-electron chi connectivity index (χ0n) is 9.71. The Labute approximate surface area is 126 Å². The van der Waals surface area contributed by atoms with Crippen molar-refractivity contribution in [1.29, 1.82) is 0 Å². The number of carbonyl (C=O) groups excluding carboxylic acids is 1. The van der Waals surface area contributed by atoms with Crippen molar-refractivity contribution in [2.45, 2.75) is 0 Å². The molecule has 2 rings (SSSR count). The van der Waals surface area contributed by atoms with Crippen LogP contribution in [0.1, 0.15) is 10.4 Å². The fourth-order valence-electron chi connectivity index (χ4n) is 1.41. The second kappa shape index (κ2) is 5.93. The van der Waals surface area contributed by atoms with E-state index < -0.39 is 10.8 Å². The van der Waals surface area contributed by atoms with Gasteiger partial charge in [0.1, 0.15) is 10.2 Å². The molecule has 0 aliphatic carbocycles. The van der Waals surface area contributed by atoms with Gasteiger partial charge in [-0.3, -0.25) is 14.9 Å². The second-order valence-electron chi connectivity index (χ2n) is 3.60. The first-order valence-corrected chi connectivity index (χ1v) is 6.37. The Bertz CT molecular complexity index is 678. The molecule has 1 heterocycles. The van der Waals surface area contributed by atoms with E-state index in [0.29, 0.717) is 4.60 Å². The van der Waals surface area contributed by atoms with Crippen LogP contribution in [0.25, 0.3) is 0 Å². The van der Waals surface area contributed by atoms with Crippen LogP contribution in [0.4, 0.5) is 11.5 Å². The lowest BCUT2D eigenvalue weighted by Crippen LogP contribution is -2.15. The number of halogens is 2. The van der Waals surface area contributed by atoms with E-state index in [1.807, 2.05) is 0 Å². The predicted molar refractivity (Wildman–Crippen MR) is 75.8 cm³/mol. The largest absolute Gasteiger partial charge is 0.305 e. The SMILES string of the molecule is O=C(Nc1cnc(Br)cn1)c1cc(Cl)ccc1[N+](=O)[O-]. The molecule has 0 saturated carbocycles. The van der Waals surface area contributed by atoms with Gasteiger partial charge in [0.2, 0.25) is 0 Å². The molecule has 102 valence electrons. The highest BCUT2D eigenvalue weighted by molar-refractivity contribution is 9.10. The number of rotatable bonds is 3. The minimum atomic E-state index is -0.684. The highest BCUT2D eigenvalue weighted by atomic mass is 79.9. The van der Waals surface area contributed by atoms with Gasteiger partial charge in [0.05, 0.1) is 17.3 Å². The normalized spacial score (nSPS) is 10.1. The average molecular weight is 358 g/mol. The molecule has 9 heteroatoms. The lowest BCUT2D eigenvalue weighted by atomic mass is 10.1. The molecule has 0 fully saturated rings. The summed E-state index contributed by atoms with van der Waals surface area (Å²) in [5, 5.41) is 13.5. The first-order valence-electron chi connectivity index (χ1n) is 5.20. The highest BCUT2D eigenvalue weighted by Gasteiger charge is 2.20. The van der Waals surface area contributed by atoms with Crippen molar-refractivity contribution < 1.29 is 9.72 Å². The van der Waals surface area contributed by atoms with E-state index in [1.165, 1.54) is 30.6 Å². The summed E-state index contributed by atoms with van der Waals surface area (Å²) in [6, 6.07) is 3.74. The van der Waals surface area contributed by atoms with Gasteiger partial charge in [0.25, 0.3) is 11.6 Å². The topological polar surface area (TPSA) is 98.0 Å². The van der Waals surface area contributed by atoms with Crippen molar-refractivity contribution in [2.24, 2.45) is 0 Å². The molecule has 0 aliphatic rings. The zero-order valence-corrected chi connectivity index (χ0v) is 12.1. The van der Waals surface area contributed by atoms with Crippen molar-refractivity contribution in [2.75, 3.05) is 5.32 Å². The third-order valence-corrected chi connectivity index (χ3v) is 2.91. The molecule has 2 aromatic rings. The first kappa shape index (κ1) is 14.4. The van der Waals surface area contributed by atoms with Gasteiger partial charge in [-0.25, -0.2) is 9.97 Å². The van der Waals surface area contributed by atoms with Gasteiger partial charge in [-0.2, -0.15) is 0 Å². The molecule has 0 atom stereocenters. The number of benzene rings is 1. The monoisotopic (exact) mass is 356 g/mol. The lowest BCUT2D eigenvalue weighted by Gasteiger charge is -2.05. The van der Waals surface area contributed by atoms with E-state index in [-0.39, 0.29) is 22.1 Å². The zero-order chi connectivity index (χ0) is 14.7. The summed E-state index contributed by atoms with van der Waals surface area (Å²) in [7, 11) is 0. The summed E-state index contributed by atoms with van der Waals surface area (Å²) in [6.07, 6.45) is 2.71. The smallest absolute Gasteiger partial charge is 0.282 e. The van der Waals surface area contributed by atoms with Crippen molar-refractivity contribution >= 4 is 44.9 Å². The quantitative estimate of drug-likeness (QED) is 0.672. The van der Waals surface area contributed by atoms with Crippen LogP contribution in [-0.2, 0) is 0 Å². The van der Waals surface area contributed by atoms with Crippen LogP contribution in [0, 0.1) is 10.1 Å². The number of amides is 1. The van der Waals surface area contributed by atoms with Crippen molar-refractivity contribution in [3.05, 3.63) is 55.9 Å². The number of hydrogen-bond donors (Lipinski definition) is 1. The van der Waals surface area contributed by atoms with E-state index in [9.17, 15) is 14.9 Å². The summed E-state index contributed by atoms with van der Waals surface area (Å²) in [5.74, 6) is -0.511. The average Bonchev–Trinajstić information content (AvgIpc) is 2.41. The van der Waals surface area contributed by atoms with Gasteiger partial charge in [-0.05, 0) is 28.1 Å². The Hall–Kier alpha value is -2.06. The van der Waals surface area contributed by atoms with Crippen molar-refractivity contribution in [1.82, 2.24) is 9.97 Å². The van der Waals surface area contributed by atoms with Crippen LogP contribution in [0.2, 0.25) is 5.02 Å². The van der Waals surface area contributed by atoms with Crippen molar-refractivity contribution in [3.8, 4) is 0 Å². The molecular weight excluding hydrogens is 352 g/mol. The maximum Gasteiger partial charge on any atom is 0.282 e.